The van der Waals surface area contributed by atoms with E-state index in [1.807, 2.05) is 41.2 Å². The predicted octanol–water partition coefficient (Wildman–Crippen LogP) is 0.725. The zero-order chi connectivity index (χ0) is 15.8. The number of rotatable bonds is 6. The van der Waals surface area contributed by atoms with Gasteiger partial charge in [0.05, 0.1) is 13.2 Å². The number of aromatic nitrogens is 2. The number of amides is 2. The van der Waals surface area contributed by atoms with Crippen molar-refractivity contribution in [3.63, 3.8) is 0 Å². The molecule has 0 bridgehead atoms. The molecule has 0 saturated carbocycles. The van der Waals surface area contributed by atoms with Gasteiger partial charge in [0.1, 0.15) is 6.04 Å². The summed E-state index contributed by atoms with van der Waals surface area (Å²) in [6, 6.07) is 8.69. The van der Waals surface area contributed by atoms with Gasteiger partial charge in [0.15, 0.2) is 0 Å². The molecule has 0 spiro atoms. The number of nitrogens with one attached hydrogen (secondary N) is 2. The van der Waals surface area contributed by atoms with Crippen LogP contribution in [0.15, 0.2) is 42.7 Å². The first-order valence-electron chi connectivity index (χ1n) is 6.88. The summed E-state index contributed by atoms with van der Waals surface area (Å²) < 4.78 is 1.84. The van der Waals surface area contributed by atoms with E-state index in [0.717, 1.165) is 11.1 Å². The topological polar surface area (TPSA) is 79.2 Å². The Morgan fingerprint density at radius 1 is 1.36 bits per heavy atom. The first-order chi connectivity index (χ1) is 10.7. The molecule has 0 aliphatic rings. The van der Waals surface area contributed by atoms with E-state index in [1.165, 1.54) is 0 Å². The molecule has 0 saturated heterocycles. The standard InChI is InChI=1S/C16H18N4O2/c1-2-15(12-21)19-16(22)17-10-13-4-6-14(7-5-13)11-20-9-3-8-18-20/h1,3-9,15,21H,10-12H2,(H2,17,19,22). The van der Waals surface area contributed by atoms with Gasteiger partial charge in [0.25, 0.3) is 0 Å². The summed E-state index contributed by atoms with van der Waals surface area (Å²) in [5.41, 5.74) is 2.10. The van der Waals surface area contributed by atoms with E-state index in [2.05, 4.69) is 21.7 Å². The fourth-order valence-corrected chi connectivity index (χ4v) is 1.88. The summed E-state index contributed by atoms with van der Waals surface area (Å²) >= 11 is 0. The van der Waals surface area contributed by atoms with Gasteiger partial charge >= 0.3 is 6.03 Å². The van der Waals surface area contributed by atoms with Crippen LogP contribution in [0.25, 0.3) is 0 Å². The molecule has 3 N–H and O–H groups in total. The maximum Gasteiger partial charge on any atom is 0.316 e. The highest BCUT2D eigenvalue weighted by Crippen LogP contribution is 2.06. The summed E-state index contributed by atoms with van der Waals surface area (Å²) in [5, 5.41) is 18.2. The Labute approximate surface area is 129 Å². The lowest BCUT2D eigenvalue weighted by Gasteiger charge is -2.11. The van der Waals surface area contributed by atoms with Gasteiger partial charge in [-0.05, 0) is 17.2 Å². The Kier molecular flexibility index (Phi) is 5.57. The molecule has 2 aromatic rings. The van der Waals surface area contributed by atoms with Gasteiger partial charge < -0.3 is 15.7 Å². The van der Waals surface area contributed by atoms with E-state index in [4.69, 9.17) is 11.5 Å². The molecular formula is C16H18N4O2. The maximum atomic E-state index is 11.6. The van der Waals surface area contributed by atoms with E-state index in [1.54, 1.807) is 6.20 Å². The van der Waals surface area contributed by atoms with Crippen LogP contribution in [-0.4, -0.2) is 33.6 Å². The van der Waals surface area contributed by atoms with Gasteiger partial charge in [-0.1, -0.05) is 30.2 Å². The fourth-order valence-electron chi connectivity index (χ4n) is 1.88. The summed E-state index contributed by atoms with van der Waals surface area (Å²) in [6.07, 6.45) is 8.80. The average molecular weight is 298 g/mol. The second kappa shape index (κ2) is 7.86. The van der Waals surface area contributed by atoms with Gasteiger partial charge in [-0.2, -0.15) is 5.10 Å². The van der Waals surface area contributed by atoms with Crippen LogP contribution in [0.5, 0.6) is 0 Å². The number of hydrogen-bond acceptors (Lipinski definition) is 3. The molecule has 0 radical (unpaired) electrons. The second-order valence-corrected chi connectivity index (χ2v) is 4.75. The number of hydrogen-bond donors (Lipinski definition) is 3. The molecule has 1 aromatic heterocycles. The zero-order valence-electron chi connectivity index (χ0n) is 12.1. The number of urea groups is 1. The molecular weight excluding hydrogens is 280 g/mol. The number of aliphatic hydroxyl groups is 1. The molecule has 0 aliphatic carbocycles. The number of terminal acetylenes is 1. The number of carbonyl (C=O) groups excluding carboxylic acids is 1. The number of aliphatic hydroxyl groups excluding tert-OH is 1. The van der Waals surface area contributed by atoms with Crippen LogP contribution in [0.1, 0.15) is 11.1 Å². The van der Waals surface area contributed by atoms with Crippen molar-refractivity contribution in [3.05, 3.63) is 53.9 Å². The van der Waals surface area contributed by atoms with Crippen molar-refractivity contribution in [2.45, 2.75) is 19.1 Å². The Hall–Kier alpha value is -2.78. The molecule has 1 heterocycles. The Morgan fingerprint density at radius 3 is 2.68 bits per heavy atom. The van der Waals surface area contributed by atoms with Crippen molar-refractivity contribution in [2.24, 2.45) is 0 Å². The van der Waals surface area contributed by atoms with Crippen LogP contribution in [-0.2, 0) is 13.1 Å². The molecule has 0 aliphatic heterocycles. The fraction of sp³-hybridized carbons (Fsp3) is 0.250. The predicted molar refractivity (Wildman–Crippen MR) is 82.8 cm³/mol. The number of carbonyl (C=O) groups is 1. The minimum atomic E-state index is -0.670. The van der Waals surface area contributed by atoms with E-state index in [0.29, 0.717) is 13.1 Å². The summed E-state index contributed by atoms with van der Waals surface area (Å²) in [4.78, 5) is 11.6. The average Bonchev–Trinajstić information content (AvgIpc) is 3.05. The lowest BCUT2D eigenvalue weighted by atomic mass is 10.1. The van der Waals surface area contributed by atoms with Gasteiger partial charge in [-0.25, -0.2) is 4.79 Å². The normalized spacial score (nSPS) is 11.5. The molecule has 114 valence electrons. The van der Waals surface area contributed by atoms with Crippen molar-refractivity contribution in [1.29, 1.82) is 0 Å². The van der Waals surface area contributed by atoms with Crippen LogP contribution in [0.3, 0.4) is 0 Å². The third-order valence-corrected chi connectivity index (χ3v) is 3.07. The number of benzene rings is 1. The maximum absolute atomic E-state index is 11.6. The molecule has 1 aromatic carbocycles. The lowest BCUT2D eigenvalue weighted by molar-refractivity contribution is 0.227. The van der Waals surface area contributed by atoms with Crippen molar-refractivity contribution < 1.29 is 9.90 Å². The highest BCUT2D eigenvalue weighted by Gasteiger charge is 2.07. The van der Waals surface area contributed by atoms with Crippen LogP contribution in [0.4, 0.5) is 4.79 Å². The third kappa shape index (κ3) is 4.65. The summed E-state index contributed by atoms with van der Waals surface area (Å²) in [5.74, 6) is 2.28. The third-order valence-electron chi connectivity index (χ3n) is 3.07. The minimum absolute atomic E-state index is 0.286. The molecule has 2 rings (SSSR count). The summed E-state index contributed by atoms with van der Waals surface area (Å²) in [6.45, 7) is 0.810. The van der Waals surface area contributed by atoms with E-state index >= 15 is 0 Å². The van der Waals surface area contributed by atoms with Crippen molar-refractivity contribution in [1.82, 2.24) is 20.4 Å². The van der Waals surface area contributed by atoms with Gasteiger partial charge in [-0.3, -0.25) is 4.68 Å². The molecule has 22 heavy (non-hydrogen) atoms. The monoisotopic (exact) mass is 298 g/mol. The largest absolute Gasteiger partial charge is 0.393 e. The van der Waals surface area contributed by atoms with Gasteiger partial charge in [0, 0.05) is 18.9 Å². The van der Waals surface area contributed by atoms with Gasteiger partial charge in [0.2, 0.25) is 0 Å². The smallest absolute Gasteiger partial charge is 0.316 e. The van der Waals surface area contributed by atoms with Crippen LogP contribution in [0, 0.1) is 12.3 Å². The van der Waals surface area contributed by atoms with Crippen LogP contribution in [0.2, 0.25) is 0 Å². The molecule has 1 unspecified atom stereocenters. The summed E-state index contributed by atoms with van der Waals surface area (Å²) in [7, 11) is 0. The minimum Gasteiger partial charge on any atom is -0.393 e. The zero-order valence-corrected chi connectivity index (χ0v) is 12.1. The highest BCUT2D eigenvalue weighted by molar-refractivity contribution is 5.74. The van der Waals surface area contributed by atoms with E-state index < -0.39 is 12.1 Å². The Morgan fingerprint density at radius 2 is 2.09 bits per heavy atom. The second-order valence-electron chi connectivity index (χ2n) is 4.75. The molecule has 6 heteroatoms. The van der Waals surface area contributed by atoms with Crippen LogP contribution < -0.4 is 10.6 Å². The molecule has 6 nitrogen and oxygen atoms in total. The van der Waals surface area contributed by atoms with Gasteiger partial charge in [-0.15, -0.1) is 6.42 Å². The van der Waals surface area contributed by atoms with E-state index in [9.17, 15) is 4.79 Å². The molecule has 0 fully saturated rings. The SMILES string of the molecule is C#CC(CO)NC(=O)NCc1ccc(Cn2cccn2)cc1. The van der Waals surface area contributed by atoms with E-state index in [-0.39, 0.29) is 6.61 Å². The first kappa shape index (κ1) is 15.6. The Balaban J connectivity index is 1.81. The molecule has 2 amide bonds. The Bertz CT molecular complexity index is 629. The first-order valence-corrected chi connectivity index (χ1v) is 6.88. The lowest BCUT2D eigenvalue weighted by Crippen LogP contribution is -2.42. The van der Waals surface area contributed by atoms with Crippen molar-refractivity contribution >= 4 is 6.03 Å². The van der Waals surface area contributed by atoms with Crippen molar-refractivity contribution in [3.8, 4) is 12.3 Å². The molecule has 1 atom stereocenters. The van der Waals surface area contributed by atoms with Crippen LogP contribution >= 0.6 is 0 Å². The highest BCUT2D eigenvalue weighted by atomic mass is 16.3. The quantitative estimate of drug-likeness (QED) is 0.688. The van der Waals surface area contributed by atoms with Crippen molar-refractivity contribution in [2.75, 3.05) is 6.61 Å². The number of nitrogens with zero attached hydrogens (tertiary/aromatic N) is 2.